The number of hydrogen-bond donors (Lipinski definition) is 0. The van der Waals surface area contributed by atoms with Crippen molar-refractivity contribution in [1.82, 2.24) is 4.90 Å². The molecule has 1 heterocycles. The molecule has 0 saturated carbocycles. The topological polar surface area (TPSA) is 12.5 Å². The van der Waals surface area contributed by atoms with E-state index in [2.05, 4.69) is 32.7 Å². The highest BCUT2D eigenvalue weighted by Crippen LogP contribution is 2.34. The Bertz CT molecular complexity index is 141. The van der Waals surface area contributed by atoms with Crippen molar-refractivity contribution in [2.45, 2.75) is 45.3 Å². The van der Waals surface area contributed by atoms with Crippen LogP contribution in [-0.4, -0.2) is 36.7 Å². The van der Waals surface area contributed by atoms with Gasteiger partial charge in [-0.25, -0.2) is 0 Å². The van der Waals surface area contributed by atoms with Gasteiger partial charge in [0.15, 0.2) is 0 Å². The largest absolute Gasteiger partial charge is 0.372 e. The second-order valence-electron chi connectivity index (χ2n) is 4.23. The molecule has 0 aromatic heterocycles. The van der Waals surface area contributed by atoms with Crippen LogP contribution < -0.4 is 0 Å². The molecule has 1 fully saturated rings. The van der Waals surface area contributed by atoms with Crippen molar-refractivity contribution in [2.24, 2.45) is 0 Å². The Morgan fingerprint density at radius 2 is 2.17 bits per heavy atom. The minimum absolute atomic E-state index is 0.183. The van der Waals surface area contributed by atoms with Crippen LogP contribution in [0.5, 0.6) is 0 Å². The van der Waals surface area contributed by atoms with Gasteiger partial charge in [0.2, 0.25) is 0 Å². The molecule has 0 N–H and O–H groups in total. The van der Waals surface area contributed by atoms with Gasteiger partial charge in [0.1, 0.15) is 0 Å². The van der Waals surface area contributed by atoms with Gasteiger partial charge in [-0.2, -0.15) is 0 Å². The van der Waals surface area contributed by atoms with E-state index in [4.69, 9.17) is 4.74 Å². The lowest BCUT2D eigenvalue weighted by atomic mass is 9.88. The van der Waals surface area contributed by atoms with Crippen LogP contribution >= 0.6 is 0 Å². The van der Waals surface area contributed by atoms with E-state index in [1.165, 1.54) is 12.8 Å². The molecule has 1 aliphatic rings. The van der Waals surface area contributed by atoms with Gasteiger partial charge in [-0.1, -0.05) is 6.92 Å². The van der Waals surface area contributed by atoms with Crippen molar-refractivity contribution in [3.8, 4) is 0 Å². The van der Waals surface area contributed by atoms with Crippen LogP contribution in [0.2, 0.25) is 0 Å². The van der Waals surface area contributed by atoms with E-state index in [1.54, 1.807) is 0 Å². The van der Waals surface area contributed by atoms with Gasteiger partial charge in [0.05, 0.1) is 11.7 Å². The first-order valence-electron chi connectivity index (χ1n) is 4.92. The normalized spacial score (nSPS) is 35.2. The van der Waals surface area contributed by atoms with Crippen LogP contribution in [0.15, 0.2) is 0 Å². The van der Waals surface area contributed by atoms with E-state index in [0.29, 0.717) is 6.10 Å². The molecule has 0 aromatic rings. The molecule has 0 aromatic carbocycles. The van der Waals surface area contributed by atoms with Gasteiger partial charge in [0, 0.05) is 13.0 Å². The van der Waals surface area contributed by atoms with Crippen LogP contribution in [0.4, 0.5) is 0 Å². The smallest absolute Gasteiger partial charge is 0.0694 e. The predicted molar refractivity (Wildman–Crippen MR) is 51.4 cm³/mol. The maximum absolute atomic E-state index is 5.69. The summed E-state index contributed by atoms with van der Waals surface area (Å²) >= 11 is 0. The molecule has 1 saturated heterocycles. The van der Waals surface area contributed by atoms with Crippen molar-refractivity contribution >= 4 is 0 Å². The molecular weight excluding hydrogens is 150 g/mol. The van der Waals surface area contributed by atoms with Gasteiger partial charge in [0.25, 0.3) is 0 Å². The van der Waals surface area contributed by atoms with E-state index < -0.39 is 0 Å². The first-order chi connectivity index (χ1) is 5.56. The Kier molecular flexibility index (Phi) is 3.13. The summed E-state index contributed by atoms with van der Waals surface area (Å²) in [5, 5.41) is 0. The van der Waals surface area contributed by atoms with E-state index in [-0.39, 0.29) is 5.60 Å². The lowest BCUT2D eigenvalue weighted by Crippen LogP contribution is -2.48. The molecule has 1 rings (SSSR count). The third-order valence-corrected chi connectivity index (χ3v) is 2.77. The zero-order valence-corrected chi connectivity index (χ0v) is 8.76. The molecule has 2 nitrogen and oxygen atoms in total. The summed E-state index contributed by atoms with van der Waals surface area (Å²) < 4.78 is 5.69. The molecule has 72 valence electrons. The third kappa shape index (κ3) is 2.46. The van der Waals surface area contributed by atoms with Crippen LogP contribution in [0.25, 0.3) is 0 Å². The monoisotopic (exact) mass is 171 g/mol. The van der Waals surface area contributed by atoms with E-state index in [1.807, 2.05) is 0 Å². The van der Waals surface area contributed by atoms with Crippen LogP contribution in [0.3, 0.4) is 0 Å². The summed E-state index contributed by atoms with van der Waals surface area (Å²) in [6, 6.07) is 0. The molecule has 0 aliphatic carbocycles. The van der Waals surface area contributed by atoms with Crippen molar-refractivity contribution in [2.75, 3.05) is 20.1 Å². The van der Waals surface area contributed by atoms with Gasteiger partial charge < -0.3 is 9.64 Å². The van der Waals surface area contributed by atoms with Crippen molar-refractivity contribution in [3.05, 3.63) is 0 Å². The Balaban J connectivity index is 2.15. The molecular formula is C10H21NO. The van der Waals surface area contributed by atoms with Crippen LogP contribution in [0.1, 0.15) is 33.6 Å². The van der Waals surface area contributed by atoms with Gasteiger partial charge in [-0.3, -0.25) is 0 Å². The van der Waals surface area contributed by atoms with E-state index in [0.717, 1.165) is 13.1 Å². The second-order valence-corrected chi connectivity index (χ2v) is 4.23. The Hall–Kier alpha value is -0.0800. The standard InChI is InChI=1S/C10H21NO/c1-5-11(4)7-6-10(3)8-9(2)12-10/h9H,5-8H2,1-4H3. The van der Waals surface area contributed by atoms with Gasteiger partial charge >= 0.3 is 0 Å². The Morgan fingerprint density at radius 1 is 1.58 bits per heavy atom. The highest BCUT2D eigenvalue weighted by Gasteiger charge is 2.38. The fourth-order valence-electron chi connectivity index (χ4n) is 1.83. The number of nitrogens with zero attached hydrogens (tertiary/aromatic N) is 1. The summed E-state index contributed by atoms with van der Waals surface area (Å²) in [6.07, 6.45) is 2.88. The lowest BCUT2D eigenvalue weighted by Gasteiger charge is -2.44. The summed E-state index contributed by atoms with van der Waals surface area (Å²) in [5.41, 5.74) is 0.183. The van der Waals surface area contributed by atoms with Crippen molar-refractivity contribution in [1.29, 1.82) is 0 Å². The first-order valence-corrected chi connectivity index (χ1v) is 4.92. The number of rotatable bonds is 4. The summed E-state index contributed by atoms with van der Waals surface area (Å²) in [6.45, 7) is 8.83. The highest BCUT2D eigenvalue weighted by molar-refractivity contribution is 4.88. The maximum Gasteiger partial charge on any atom is 0.0694 e. The summed E-state index contributed by atoms with van der Waals surface area (Å²) in [4.78, 5) is 2.33. The average molecular weight is 171 g/mol. The molecule has 2 heteroatoms. The fraction of sp³-hybridized carbons (Fsp3) is 1.00. The predicted octanol–water partition coefficient (Wildman–Crippen LogP) is 1.90. The first kappa shape index (κ1) is 10.0. The summed E-state index contributed by atoms with van der Waals surface area (Å²) in [7, 11) is 2.16. The summed E-state index contributed by atoms with van der Waals surface area (Å²) in [5.74, 6) is 0. The molecule has 0 amide bonds. The second kappa shape index (κ2) is 3.75. The molecule has 1 aliphatic heterocycles. The van der Waals surface area contributed by atoms with Crippen LogP contribution in [0, 0.1) is 0 Å². The molecule has 2 atom stereocenters. The van der Waals surface area contributed by atoms with Crippen molar-refractivity contribution in [3.63, 3.8) is 0 Å². The maximum atomic E-state index is 5.69. The van der Waals surface area contributed by atoms with E-state index in [9.17, 15) is 0 Å². The van der Waals surface area contributed by atoms with E-state index >= 15 is 0 Å². The van der Waals surface area contributed by atoms with Gasteiger partial charge in [-0.15, -0.1) is 0 Å². The van der Waals surface area contributed by atoms with Crippen molar-refractivity contribution < 1.29 is 4.74 Å². The minimum Gasteiger partial charge on any atom is -0.372 e. The number of hydrogen-bond acceptors (Lipinski definition) is 2. The fourth-order valence-corrected chi connectivity index (χ4v) is 1.83. The lowest BCUT2D eigenvalue weighted by molar-refractivity contribution is -0.191. The van der Waals surface area contributed by atoms with Gasteiger partial charge in [-0.05, 0) is 33.9 Å². The Labute approximate surface area is 75.9 Å². The third-order valence-electron chi connectivity index (χ3n) is 2.77. The number of ether oxygens (including phenoxy) is 1. The van der Waals surface area contributed by atoms with Crippen LogP contribution in [-0.2, 0) is 4.74 Å². The zero-order chi connectivity index (χ0) is 9.19. The SMILES string of the molecule is CCN(C)CCC1(C)CC(C)O1. The Morgan fingerprint density at radius 3 is 2.58 bits per heavy atom. The zero-order valence-electron chi connectivity index (χ0n) is 8.76. The molecule has 0 bridgehead atoms. The molecule has 0 spiro atoms. The molecule has 0 radical (unpaired) electrons. The quantitative estimate of drug-likeness (QED) is 0.640. The average Bonchev–Trinajstić information content (AvgIpc) is 1.98. The molecule has 2 unspecified atom stereocenters. The minimum atomic E-state index is 0.183. The highest BCUT2D eigenvalue weighted by atomic mass is 16.5. The molecule has 12 heavy (non-hydrogen) atoms.